The molecule has 2 heteroatoms. The lowest BCUT2D eigenvalue weighted by Gasteiger charge is -2.38. The first kappa shape index (κ1) is 33.9. The summed E-state index contributed by atoms with van der Waals surface area (Å²) in [5.41, 5.74) is 15.9. The molecule has 1 unspecified atom stereocenters. The highest BCUT2D eigenvalue weighted by Crippen LogP contribution is 2.54. The van der Waals surface area contributed by atoms with Crippen molar-refractivity contribution in [3.8, 4) is 33.7 Å². The van der Waals surface area contributed by atoms with Gasteiger partial charge in [0, 0.05) is 21.9 Å². The molecule has 0 saturated carbocycles. The second kappa shape index (κ2) is 13.3. The first-order valence-corrected chi connectivity index (χ1v) is 19.7. The number of nitrogens with zero attached hydrogens (tertiary/aromatic N) is 1. The van der Waals surface area contributed by atoms with Crippen LogP contribution in [0.3, 0.4) is 0 Å². The minimum atomic E-state index is -0.492. The van der Waals surface area contributed by atoms with E-state index in [1.165, 1.54) is 77.4 Å². The van der Waals surface area contributed by atoms with Crippen molar-refractivity contribution in [1.82, 2.24) is 4.57 Å². The summed E-state index contributed by atoms with van der Waals surface area (Å²) in [4.78, 5) is 0. The lowest BCUT2D eigenvalue weighted by atomic mass is 9.64. The molecule has 8 aromatic carbocycles. The molecule has 0 spiro atoms. The first-order valence-electron chi connectivity index (χ1n) is 19.7. The van der Waals surface area contributed by atoms with Crippen LogP contribution < -0.4 is 4.74 Å². The standard InChI is InChI=1S/C54H43NO/c1-4-53(2)49-35-38(37-25-33-52-48(34-37)47-22-14-15-23-51(47)55(52)43-27-29-44(56-3)30-28-43)24-31-45(49)46-32-26-42(36-50(46)53)54(39-16-8-5-9-17-39,40-18-10-6-11-19-40)41-20-12-7-13-21-41/h5-36H,4H2,1-3H3. The molecular formula is C54H43NO. The molecule has 0 bridgehead atoms. The Hall–Kier alpha value is -6.64. The van der Waals surface area contributed by atoms with E-state index in [1.54, 1.807) is 7.11 Å². The Bertz CT molecular complexity index is 2770. The van der Waals surface area contributed by atoms with Gasteiger partial charge in [0.2, 0.25) is 0 Å². The smallest absolute Gasteiger partial charge is 0.119 e. The van der Waals surface area contributed by atoms with E-state index in [2.05, 4.69) is 200 Å². The van der Waals surface area contributed by atoms with Crippen molar-refractivity contribution in [2.75, 3.05) is 7.11 Å². The summed E-state index contributed by atoms with van der Waals surface area (Å²) >= 11 is 0. The van der Waals surface area contributed by atoms with Gasteiger partial charge in [-0.15, -0.1) is 0 Å². The number of para-hydroxylation sites is 1. The minimum Gasteiger partial charge on any atom is -0.497 e. The Morgan fingerprint density at radius 3 is 1.61 bits per heavy atom. The lowest BCUT2D eigenvalue weighted by molar-refractivity contribution is 0.415. The Labute approximate surface area is 329 Å². The fraction of sp³-hybridized carbons (Fsp3) is 0.111. The molecular weight excluding hydrogens is 679 g/mol. The SMILES string of the molecule is CCC1(C)c2cc(-c3ccc4c(c3)c3ccccc3n4-c3ccc(OC)cc3)ccc2-c2ccc(C(c3ccccc3)(c3ccccc3)c3ccccc3)cc21. The largest absolute Gasteiger partial charge is 0.497 e. The molecule has 1 atom stereocenters. The molecule has 1 aromatic heterocycles. The Balaban J connectivity index is 1.12. The Morgan fingerprint density at radius 1 is 0.482 bits per heavy atom. The van der Waals surface area contributed by atoms with Gasteiger partial charge in [-0.2, -0.15) is 0 Å². The van der Waals surface area contributed by atoms with Crippen molar-refractivity contribution in [3.05, 3.63) is 228 Å². The number of ether oxygens (including phenoxy) is 1. The number of rotatable bonds is 8. The Kier molecular flexibility index (Phi) is 8.04. The third-order valence-electron chi connectivity index (χ3n) is 12.6. The monoisotopic (exact) mass is 721 g/mol. The molecule has 9 aromatic rings. The van der Waals surface area contributed by atoms with Gasteiger partial charge in [0.25, 0.3) is 0 Å². The number of hydrogen-bond acceptors (Lipinski definition) is 1. The molecule has 270 valence electrons. The van der Waals surface area contributed by atoms with Crippen LogP contribution in [0.25, 0.3) is 49.7 Å². The topological polar surface area (TPSA) is 14.2 Å². The number of methoxy groups -OCH3 is 1. The van der Waals surface area contributed by atoms with Crippen LogP contribution in [-0.2, 0) is 10.8 Å². The molecule has 2 nitrogen and oxygen atoms in total. The third kappa shape index (κ3) is 5.02. The average Bonchev–Trinajstić information content (AvgIpc) is 3.73. The molecule has 0 saturated heterocycles. The summed E-state index contributed by atoms with van der Waals surface area (Å²) in [6, 6.07) is 71.6. The summed E-state index contributed by atoms with van der Waals surface area (Å²) in [6.45, 7) is 4.79. The van der Waals surface area contributed by atoms with Gasteiger partial charge in [-0.1, -0.05) is 159 Å². The fourth-order valence-electron chi connectivity index (χ4n) is 9.64. The maximum Gasteiger partial charge on any atom is 0.119 e. The Morgan fingerprint density at radius 2 is 1.00 bits per heavy atom. The van der Waals surface area contributed by atoms with Crippen molar-refractivity contribution in [2.45, 2.75) is 31.1 Å². The zero-order valence-corrected chi connectivity index (χ0v) is 32.0. The normalized spacial score (nSPS) is 14.8. The highest BCUT2D eigenvalue weighted by Gasteiger charge is 2.43. The molecule has 0 fully saturated rings. The van der Waals surface area contributed by atoms with E-state index in [9.17, 15) is 0 Å². The molecule has 1 aliphatic carbocycles. The predicted octanol–water partition coefficient (Wildman–Crippen LogP) is 13.5. The van der Waals surface area contributed by atoms with Crippen LogP contribution in [0.5, 0.6) is 5.75 Å². The average molecular weight is 722 g/mol. The van der Waals surface area contributed by atoms with Gasteiger partial charge in [0.1, 0.15) is 5.75 Å². The molecule has 0 aliphatic heterocycles. The van der Waals surface area contributed by atoms with Crippen molar-refractivity contribution in [1.29, 1.82) is 0 Å². The predicted molar refractivity (Wildman–Crippen MR) is 233 cm³/mol. The van der Waals surface area contributed by atoms with E-state index in [1.807, 2.05) is 12.1 Å². The fourth-order valence-corrected chi connectivity index (χ4v) is 9.64. The zero-order valence-electron chi connectivity index (χ0n) is 32.0. The second-order valence-corrected chi connectivity index (χ2v) is 15.3. The van der Waals surface area contributed by atoms with Crippen LogP contribution in [0, 0.1) is 0 Å². The van der Waals surface area contributed by atoms with Gasteiger partial charge >= 0.3 is 0 Å². The van der Waals surface area contributed by atoms with Crippen LogP contribution in [-0.4, -0.2) is 11.7 Å². The highest BCUT2D eigenvalue weighted by atomic mass is 16.5. The summed E-state index contributed by atoms with van der Waals surface area (Å²) in [7, 11) is 1.71. The van der Waals surface area contributed by atoms with Gasteiger partial charge in [0.05, 0.1) is 23.6 Å². The maximum absolute atomic E-state index is 5.47. The van der Waals surface area contributed by atoms with Crippen molar-refractivity contribution in [2.24, 2.45) is 0 Å². The number of benzene rings is 8. The van der Waals surface area contributed by atoms with Crippen LogP contribution >= 0.6 is 0 Å². The first-order chi connectivity index (χ1) is 27.5. The van der Waals surface area contributed by atoms with Gasteiger partial charge in [-0.05, 0) is 111 Å². The van der Waals surface area contributed by atoms with Crippen LogP contribution in [0.2, 0.25) is 0 Å². The molecule has 1 aliphatic rings. The zero-order chi connectivity index (χ0) is 37.9. The van der Waals surface area contributed by atoms with E-state index < -0.39 is 5.41 Å². The van der Waals surface area contributed by atoms with Crippen LogP contribution in [0.1, 0.15) is 53.6 Å². The molecule has 1 heterocycles. The lowest BCUT2D eigenvalue weighted by Crippen LogP contribution is -2.31. The molecule has 56 heavy (non-hydrogen) atoms. The number of aromatic nitrogens is 1. The van der Waals surface area contributed by atoms with E-state index in [0.717, 1.165) is 17.9 Å². The van der Waals surface area contributed by atoms with Crippen molar-refractivity contribution >= 4 is 21.8 Å². The van der Waals surface area contributed by atoms with Gasteiger partial charge in [-0.3, -0.25) is 0 Å². The van der Waals surface area contributed by atoms with Gasteiger partial charge in [0.15, 0.2) is 0 Å². The maximum atomic E-state index is 5.47. The quantitative estimate of drug-likeness (QED) is 0.143. The van der Waals surface area contributed by atoms with Crippen molar-refractivity contribution < 1.29 is 4.74 Å². The molecule has 0 amide bonds. The minimum absolute atomic E-state index is 0.166. The molecule has 10 rings (SSSR count). The summed E-state index contributed by atoms with van der Waals surface area (Å²) in [5.74, 6) is 0.855. The van der Waals surface area contributed by atoms with Gasteiger partial charge < -0.3 is 9.30 Å². The van der Waals surface area contributed by atoms with E-state index in [0.29, 0.717) is 0 Å². The van der Waals surface area contributed by atoms with E-state index in [4.69, 9.17) is 4.74 Å². The van der Waals surface area contributed by atoms with E-state index >= 15 is 0 Å². The van der Waals surface area contributed by atoms with Crippen molar-refractivity contribution in [3.63, 3.8) is 0 Å². The van der Waals surface area contributed by atoms with Gasteiger partial charge in [-0.25, -0.2) is 0 Å². The summed E-state index contributed by atoms with van der Waals surface area (Å²) in [5, 5.41) is 2.50. The summed E-state index contributed by atoms with van der Waals surface area (Å²) < 4.78 is 7.83. The number of fused-ring (bicyclic) bond motifs is 6. The second-order valence-electron chi connectivity index (χ2n) is 15.3. The summed E-state index contributed by atoms with van der Waals surface area (Å²) in [6.07, 6.45) is 0.989. The van der Waals surface area contributed by atoms with Crippen LogP contribution in [0.4, 0.5) is 0 Å². The molecule has 0 radical (unpaired) electrons. The van der Waals surface area contributed by atoms with E-state index in [-0.39, 0.29) is 5.41 Å². The highest BCUT2D eigenvalue weighted by molar-refractivity contribution is 6.10. The molecule has 0 N–H and O–H groups in total. The third-order valence-corrected chi connectivity index (χ3v) is 12.6. The van der Waals surface area contributed by atoms with Crippen LogP contribution in [0.15, 0.2) is 194 Å². The number of hydrogen-bond donors (Lipinski definition) is 0.